The van der Waals surface area contributed by atoms with Gasteiger partial charge in [-0.3, -0.25) is 14.2 Å². The summed E-state index contributed by atoms with van der Waals surface area (Å²) in [5.74, 6) is -0.623. The van der Waals surface area contributed by atoms with E-state index < -0.39 is 5.82 Å². The highest BCUT2D eigenvalue weighted by atomic mass is 19.1. The van der Waals surface area contributed by atoms with Gasteiger partial charge in [0.2, 0.25) is 5.91 Å². The molecule has 1 fully saturated rings. The lowest BCUT2D eigenvalue weighted by Crippen LogP contribution is -2.39. The number of carbonyl (C=O) groups is 1. The molecule has 0 bridgehead atoms. The molecular formula is C18H20FN3O2. The molecule has 1 heterocycles. The molecule has 0 spiro atoms. The number of aromatic nitrogens is 2. The molecule has 1 aromatic heterocycles. The van der Waals surface area contributed by atoms with Crippen molar-refractivity contribution in [2.75, 3.05) is 0 Å². The first-order chi connectivity index (χ1) is 11.6. The Balaban J connectivity index is 1.70. The summed E-state index contributed by atoms with van der Waals surface area (Å²) >= 11 is 0. The third kappa shape index (κ3) is 3.88. The normalized spacial score (nSPS) is 15.2. The van der Waals surface area contributed by atoms with E-state index in [1.807, 2.05) is 0 Å². The number of rotatable bonds is 4. The standard InChI is InChI=1S/C18H20FN3O2/c19-15-9-5-4-8-14(15)16-10-18(24)22(12-20-16)11-17(23)21-13-6-2-1-3-7-13/h4-5,8-10,12-13H,1-3,6-7,11H2,(H,21,23). The van der Waals surface area contributed by atoms with E-state index in [0.29, 0.717) is 0 Å². The van der Waals surface area contributed by atoms with E-state index >= 15 is 0 Å². The van der Waals surface area contributed by atoms with Crippen molar-refractivity contribution in [1.82, 2.24) is 14.9 Å². The fourth-order valence-corrected chi connectivity index (χ4v) is 3.04. The molecular weight excluding hydrogens is 309 g/mol. The second kappa shape index (κ2) is 7.38. The van der Waals surface area contributed by atoms with Crippen LogP contribution < -0.4 is 10.9 Å². The van der Waals surface area contributed by atoms with Crippen LogP contribution in [0.1, 0.15) is 32.1 Å². The number of carbonyl (C=O) groups excluding carboxylic acids is 1. The summed E-state index contributed by atoms with van der Waals surface area (Å²) in [5, 5.41) is 2.96. The maximum absolute atomic E-state index is 13.8. The minimum atomic E-state index is -0.433. The SMILES string of the molecule is O=C(Cn1cnc(-c2ccccc2F)cc1=O)NC1CCCCC1. The lowest BCUT2D eigenvalue weighted by atomic mass is 9.95. The maximum Gasteiger partial charge on any atom is 0.254 e. The Bertz CT molecular complexity index is 782. The van der Waals surface area contributed by atoms with Gasteiger partial charge < -0.3 is 5.32 Å². The molecule has 5 nitrogen and oxygen atoms in total. The number of nitrogens with one attached hydrogen (secondary N) is 1. The molecule has 1 amide bonds. The topological polar surface area (TPSA) is 64.0 Å². The molecule has 1 aromatic carbocycles. The van der Waals surface area contributed by atoms with Gasteiger partial charge in [-0.2, -0.15) is 0 Å². The highest BCUT2D eigenvalue weighted by molar-refractivity contribution is 5.76. The molecule has 1 aliphatic carbocycles. The van der Waals surface area contributed by atoms with Crippen molar-refractivity contribution < 1.29 is 9.18 Å². The van der Waals surface area contributed by atoms with Crippen LogP contribution in [0, 0.1) is 5.82 Å². The average molecular weight is 329 g/mol. The van der Waals surface area contributed by atoms with Crippen molar-refractivity contribution in [3.8, 4) is 11.3 Å². The fourth-order valence-electron chi connectivity index (χ4n) is 3.04. The van der Waals surface area contributed by atoms with Crippen molar-refractivity contribution in [1.29, 1.82) is 0 Å². The van der Waals surface area contributed by atoms with Crippen molar-refractivity contribution in [2.24, 2.45) is 0 Å². The number of nitrogens with zero attached hydrogens (tertiary/aromatic N) is 2. The van der Waals surface area contributed by atoms with Gasteiger partial charge in [-0.15, -0.1) is 0 Å². The molecule has 0 radical (unpaired) electrons. The number of hydrogen-bond donors (Lipinski definition) is 1. The summed E-state index contributed by atoms with van der Waals surface area (Å²) in [6.45, 7) is -0.0696. The van der Waals surface area contributed by atoms with Crippen molar-refractivity contribution >= 4 is 5.91 Å². The van der Waals surface area contributed by atoms with E-state index in [1.54, 1.807) is 18.2 Å². The molecule has 1 aliphatic rings. The van der Waals surface area contributed by atoms with E-state index in [-0.39, 0.29) is 35.3 Å². The van der Waals surface area contributed by atoms with Crippen LogP contribution in [0.25, 0.3) is 11.3 Å². The summed E-state index contributed by atoms with van der Waals surface area (Å²) in [6, 6.07) is 7.61. The van der Waals surface area contributed by atoms with Crippen LogP contribution in [0.5, 0.6) is 0 Å². The zero-order valence-electron chi connectivity index (χ0n) is 13.4. The van der Waals surface area contributed by atoms with Gasteiger partial charge in [-0.1, -0.05) is 31.4 Å². The second-order valence-electron chi connectivity index (χ2n) is 6.12. The van der Waals surface area contributed by atoms with E-state index in [1.165, 1.54) is 29.4 Å². The number of hydrogen-bond acceptors (Lipinski definition) is 3. The van der Waals surface area contributed by atoms with E-state index in [4.69, 9.17) is 0 Å². The smallest absolute Gasteiger partial charge is 0.254 e. The maximum atomic E-state index is 13.8. The Morgan fingerprint density at radius 1 is 1.25 bits per heavy atom. The van der Waals surface area contributed by atoms with Crippen LogP contribution >= 0.6 is 0 Å². The van der Waals surface area contributed by atoms with Gasteiger partial charge in [0.05, 0.1) is 12.0 Å². The van der Waals surface area contributed by atoms with Crippen molar-refractivity contribution in [2.45, 2.75) is 44.7 Å². The molecule has 3 rings (SSSR count). The third-order valence-electron chi connectivity index (χ3n) is 4.31. The second-order valence-corrected chi connectivity index (χ2v) is 6.12. The van der Waals surface area contributed by atoms with Gasteiger partial charge in [-0.25, -0.2) is 9.37 Å². The molecule has 1 saturated carbocycles. The minimum absolute atomic E-state index is 0.0696. The first kappa shape index (κ1) is 16.4. The predicted octanol–water partition coefficient (Wildman–Crippen LogP) is 2.50. The van der Waals surface area contributed by atoms with Crippen LogP contribution in [0.4, 0.5) is 4.39 Å². The van der Waals surface area contributed by atoms with Crippen LogP contribution in [0.15, 0.2) is 41.5 Å². The molecule has 126 valence electrons. The summed E-state index contributed by atoms with van der Waals surface area (Å²) in [6.07, 6.45) is 6.75. The Labute approximate surface area is 139 Å². The van der Waals surface area contributed by atoms with E-state index in [0.717, 1.165) is 25.7 Å². The van der Waals surface area contributed by atoms with E-state index in [9.17, 15) is 14.0 Å². The van der Waals surface area contributed by atoms with Crippen LogP contribution in [0.2, 0.25) is 0 Å². The van der Waals surface area contributed by atoms with Crippen LogP contribution in [-0.2, 0) is 11.3 Å². The Morgan fingerprint density at radius 3 is 2.71 bits per heavy atom. The zero-order valence-corrected chi connectivity index (χ0v) is 13.4. The van der Waals surface area contributed by atoms with Gasteiger partial charge in [0.15, 0.2) is 0 Å². The third-order valence-corrected chi connectivity index (χ3v) is 4.31. The first-order valence-electron chi connectivity index (χ1n) is 8.24. The first-order valence-corrected chi connectivity index (χ1v) is 8.24. The van der Waals surface area contributed by atoms with Gasteiger partial charge in [0.1, 0.15) is 12.4 Å². The number of amides is 1. The highest BCUT2D eigenvalue weighted by Crippen LogP contribution is 2.19. The fraction of sp³-hybridized carbons (Fsp3) is 0.389. The molecule has 1 N–H and O–H groups in total. The molecule has 0 unspecified atom stereocenters. The Hall–Kier alpha value is -2.50. The van der Waals surface area contributed by atoms with Crippen molar-refractivity contribution in [3.05, 3.63) is 52.8 Å². The quantitative estimate of drug-likeness (QED) is 0.937. The van der Waals surface area contributed by atoms with Gasteiger partial charge in [0.25, 0.3) is 5.56 Å². The summed E-state index contributed by atoms with van der Waals surface area (Å²) in [5.41, 5.74) is 0.164. The van der Waals surface area contributed by atoms with Crippen LogP contribution in [0.3, 0.4) is 0 Å². The lowest BCUT2D eigenvalue weighted by molar-refractivity contribution is -0.122. The largest absolute Gasteiger partial charge is 0.352 e. The molecule has 0 saturated heterocycles. The minimum Gasteiger partial charge on any atom is -0.352 e. The highest BCUT2D eigenvalue weighted by Gasteiger charge is 2.16. The summed E-state index contributed by atoms with van der Waals surface area (Å²) < 4.78 is 15.0. The van der Waals surface area contributed by atoms with Crippen molar-refractivity contribution in [3.63, 3.8) is 0 Å². The monoisotopic (exact) mass is 329 g/mol. The summed E-state index contributed by atoms with van der Waals surface area (Å²) in [7, 11) is 0. The Kier molecular flexibility index (Phi) is 5.03. The molecule has 0 aliphatic heterocycles. The molecule has 0 atom stereocenters. The number of benzene rings is 1. The zero-order chi connectivity index (χ0) is 16.9. The molecule has 2 aromatic rings. The average Bonchev–Trinajstić information content (AvgIpc) is 2.58. The van der Waals surface area contributed by atoms with Gasteiger partial charge >= 0.3 is 0 Å². The van der Waals surface area contributed by atoms with Gasteiger partial charge in [0, 0.05) is 17.7 Å². The Morgan fingerprint density at radius 2 is 2.00 bits per heavy atom. The molecule has 24 heavy (non-hydrogen) atoms. The predicted molar refractivity (Wildman–Crippen MR) is 88.9 cm³/mol. The molecule has 6 heteroatoms. The summed E-state index contributed by atoms with van der Waals surface area (Å²) in [4.78, 5) is 28.4. The van der Waals surface area contributed by atoms with Gasteiger partial charge in [-0.05, 0) is 25.0 Å². The number of halogens is 1. The van der Waals surface area contributed by atoms with Crippen LogP contribution in [-0.4, -0.2) is 21.5 Å². The lowest BCUT2D eigenvalue weighted by Gasteiger charge is -2.22. The van der Waals surface area contributed by atoms with E-state index in [2.05, 4.69) is 10.3 Å².